The number of hydrogen-bond donors (Lipinski definition) is 2. The molecule has 3 heterocycles. The molecule has 0 unspecified atom stereocenters. The number of hydrazone groups is 1. The van der Waals surface area contributed by atoms with E-state index < -0.39 is 0 Å². The first-order valence-electron chi connectivity index (χ1n) is 10.3. The molecule has 0 radical (unpaired) electrons. The van der Waals surface area contributed by atoms with Crippen LogP contribution in [0.25, 0.3) is 5.82 Å². The molecule has 29 heavy (non-hydrogen) atoms. The van der Waals surface area contributed by atoms with Crippen molar-refractivity contribution >= 4 is 17.4 Å². The van der Waals surface area contributed by atoms with Crippen molar-refractivity contribution in [2.24, 2.45) is 5.10 Å². The number of carbonyl (C=O) groups is 1. The predicted octanol–water partition coefficient (Wildman–Crippen LogP) is 1.66. The highest BCUT2D eigenvalue weighted by atomic mass is 16.6. The minimum absolute atomic E-state index is 0.0976. The summed E-state index contributed by atoms with van der Waals surface area (Å²) in [7, 11) is 0. The molecule has 11 heteroatoms. The van der Waals surface area contributed by atoms with Crippen molar-refractivity contribution in [3.05, 3.63) is 11.4 Å². The summed E-state index contributed by atoms with van der Waals surface area (Å²) in [5.41, 5.74) is 10.4. The Morgan fingerprint density at radius 3 is 2.48 bits per heavy atom. The third-order valence-electron chi connectivity index (χ3n) is 5.49. The van der Waals surface area contributed by atoms with Crippen LogP contribution >= 0.6 is 0 Å². The number of nitrogens with one attached hydrogen (secondary N) is 1. The summed E-state index contributed by atoms with van der Waals surface area (Å²) in [5.74, 6) is -0.0471. The van der Waals surface area contributed by atoms with Gasteiger partial charge in [0.1, 0.15) is 0 Å². The van der Waals surface area contributed by atoms with Gasteiger partial charge in [0.05, 0.1) is 5.69 Å². The lowest BCUT2D eigenvalue weighted by atomic mass is 10.1. The molecule has 3 N–H and O–H groups in total. The van der Waals surface area contributed by atoms with Crippen LogP contribution in [-0.2, 0) is 6.54 Å². The van der Waals surface area contributed by atoms with Gasteiger partial charge in [0.25, 0.3) is 5.91 Å². The van der Waals surface area contributed by atoms with E-state index in [-0.39, 0.29) is 23.2 Å². The Kier molecular flexibility index (Phi) is 6.13. The van der Waals surface area contributed by atoms with E-state index in [1.165, 1.54) is 23.9 Å². The highest BCUT2D eigenvalue weighted by Crippen LogP contribution is 2.20. The molecule has 11 nitrogen and oxygen atoms in total. The third kappa shape index (κ3) is 4.61. The molecule has 2 aromatic heterocycles. The first-order chi connectivity index (χ1) is 14.2. The molecule has 156 valence electrons. The summed E-state index contributed by atoms with van der Waals surface area (Å²) in [6, 6.07) is 0. The van der Waals surface area contributed by atoms with Gasteiger partial charge in [-0.2, -0.15) is 9.78 Å². The van der Waals surface area contributed by atoms with E-state index in [2.05, 4.69) is 36.1 Å². The fraction of sp³-hybridized carbons (Fsp3) is 0.667. The van der Waals surface area contributed by atoms with Gasteiger partial charge in [-0.3, -0.25) is 9.69 Å². The van der Waals surface area contributed by atoms with Crippen molar-refractivity contribution in [3.63, 3.8) is 0 Å². The van der Waals surface area contributed by atoms with Gasteiger partial charge in [0.2, 0.25) is 11.6 Å². The number of rotatable bonds is 5. The summed E-state index contributed by atoms with van der Waals surface area (Å²) >= 11 is 0. The summed E-state index contributed by atoms with van der Waals surface area (Å²) in [5, 5.41) is 20.0. The Bertz CT molecular complexity index is 857. The number of likely N-dealkylation sites (tertiary alicyclic amines) is 1. The van der Waals surface area contributed by atoms with E-state index in [1.54, 1.807) is 0 Å². The molecular weight excluding hydrogens is 374 g/mol. The zero-order chi connectivity index (χ0) is 20.1. The van der Waals surface area contributed by atoms with Crippen LogP contribution < -0.4 is 11.2 Å². The monoisotopic (exact) mass is 401 g/mol. The van der Waals surface area contributed by atoms with Gasteiger partial charge in [-0.25, -0.2) is 10.1 Å². The largest absolute Gasteiger partial charge is 0.378 e. The molecule has 1 saturated carbocycles. The van der Waals surface area contributed by atoms with Crippen LogP contribution in [0.4, 0.5) is 5.82 Å². The average Bonchev–Trinajstić information content (AvgIpc) is 3.24. The second-order valence-corrected chi connectivity index (χ2v) is 7.64. The molecule has 4 rings (SSSR count). The number of nitrogen functional groups attached to an aromatic ring is 1. The van der Waals surface area contributed by atoms with Crippen LogP contribution in [0.3, 0.4) is 0 Å². The number of nitrogens with zero attached hydrogens (tertiary/aromatic N) is 7. The van der Waals surface area contributed by atoms with Gasteiger partial charge >= 0.3 is 0 Å². The Balaban J connectivity index is 1.58. The Morgan fingerprint density at radius 1 is 1.07 bits per heavy atom. The van der Waals surface area contributed by atoms with E-state index in [9.17, 15) is 4.79 Å². The van der Waals surface area contributed by atoms with Crippen molar-refractivity contribution < 1.29 is 9.42 Å². The molecule has 0 bridgehead atoms. The zero-order valence-electron chi connectivity index (χ0n) is 16.5. The van der Waals surface area contributed by atoms with E-state index >= 15 is 0 Å². The quantitative estimate of drug-likeness (QED) is 0.569. The number of piperidine rings is 1. The van der Waals surface area contributed by atoms with E-state index in [1.807, 2.05) is 0 Å². The summed E-state index contributed by atoms with van der Waals surface area (Å²) in [4.78, 5) is 15.1. The Labute approximate surface area is 168 Å². The van der Waals surface area contributed by atoms with Gasteiger partial charge in [-0.15, -0.1) is 5.10 Å². The minimum atomic E-state index is -0.380. The molecule has 2 aromatic rings. The maximum atomic E-state index is 12.9. The van der Waals surface area contributed by atoms with Crippen molar-refractivity contribution in [2.75, 3.05) is 18.8 Å². The van der Waals surface area contributed by atoms with Crippen molar-refractivity contribution in [2.45, 2.75) is 64.3 Å². The molecule has 0 spiro atoms. The standard InChI is InChI=1S/C18H27N9O2/c19-16-17(24-29-23-16)27-14(12-26-10-6-3-7-11-26)15(21-25-27)18(28)22-20-13-8-4-1-2-5-9-13/h1-12H2,(H2,19,23)(H,22,28). The smallest absolute Gasteiger partial charge is 0.293 e. The number of nitrogens with two attached hydrogens (primary N) is 1. The van der Waals surface area contributed by atoms with Gasteiger partial charge < -0.3 is 5.73 Å². The molecule has 0 aromatic carbocycles. The number of amides is 1. The number of aromatic nitrogens is 5. The normalized spacial score (nSPS) is 18.4. The molecule has 1 aliphatic heterocycles. The molecule has 1 aliphatic carbocycles. The lowest BCUT2D eigenvalue weighted by molar-refractivity contribution is 0.0947. The van der Waals surface area contributed by atoms with E-state index in [4.69, 9.17) is 10.4 Å². The first-order valence-corrected chi connectivity index (χ1v) is 10.3. The van der Waals surface area contributed by atoms with Gasteiger partial charge in [0, 0.05) is 12.3 Å². The van der Waals surface area contributed by atoms with Crippen molar-refractivity contribution in [3.8, 4) is 5.82 Å². The summed E-state index contributed by atoms with van der Waals surface area (Å²) in [6.45, 7) is 2.43. The number of anilines is 1. The van der Waals surface area contributed by atoms with Crippen LogP contribution in [0.2, 0.25) is 0 Å². The predicted molar refractivity (Wildman–Crippen MR) is 105 cm³/mol. The molecule has 1 saturated heterocycles. The maximum absolute atomic E-state index is 12.9. The molecule has 2 fully saturated rings. The van der Waals surface area contributed by atoms with Gasteiger partial charge in [0.15, 0.2) is 5.69 Å². The molecule has 2 aliphatic rings. The topological polar surface area (TPSA) is 140 Å². The fourth-order valence-corrected chi connectivity index (χ4v) is 3.89. The van der Waals surface area contributed by atoms with Crippen LogP contribution in [-0.4, -0.2) is 54.9 Å². The van der Waals surface area contributed by atoms with E-state index in [0.717, 1.165) is 57.3 Å². The molecule has 0 atom stereocenters. The average molecular weight is 401 g/mol. The fourth-order valence-electron chi connectivity index (χ4n) is 3.89. The maximum Gasteiger partial charge on any atom is 0.293 e. The van der Waals surface area contributed by atoms with Crippen LogP contribution in [0.15, 0.2) is 9.73 Å². The highest BCUT2D eigenvalue weighted by Gasteiger charge is 2.26. The highest BCUT2D eigenvalue weighted by molar-refractivity contribution is 5.94. The number of hydrogen-bond acceptors (Lipinski definition) is 9. The number of carbonyl (C=O) groups excluding carboxylic acids is 1. The lowest BCUT2D eigenvalue weighted by Gasteiger charge is -2.26. The summed E-state index contributed by atoms with van der Waals surface area (Å²) in [6.07, 6.45) is 9.99. The van der Waals surface area contributed by atoms with E-state index in [0.29, 0.717) is 12.2 Å². The molecular formula is C18H27N9O2. The Hall–Kier alpha value is -2.82. The minimum Gasteiger partial charge on any atom is -0.378 e. The van der Waals surface area contributed by atoms with Crippen molar-refractivity contribution in [1.82, 2.24) is 35.6 Å². The third-order valence-corrected chi connectivity index (χ3v) is 5.49. The van der Waals surface area contributed by atoms with Crippen LogP contribution in [0, 0.1) is 0 Å². The lowest BCUT2D eigenvalue weighted by Crippen LogP contribution is -2.31. The Morgan fingerprint density at radius 2 is 1.79 bits per heavy atom. The second-order valence-electron chi connectivity index (χ2n) is 7.64. The van der Waals surface area contributed by atoms with Crippen LogP contribution in [0.5, 0.6) is 0 Å². The summed E-state index contributed by atoms with van der Waals surface area (Å²) < 4.78 is 6.14. The van der Waals surface area contributed by atoms with Crippen LogP contribution in [0.1, 0.15) is 74.0 Å². The molecule has 1 amide bonds. The van der Waals surface area contributed by atoms with Gasteiger partial charge in [-0.05, 0) is 61.9 Å². The first kappa shape index (κ1) is 19.5. The second kappa shape index (κ2) is 9.12. The zero-order valence-corrected chi connectivity index (χ0v) is 16.5. The van der Waals surface area contributed by atoms with Gasteiger partial charge in [-0.1, -0.05) is 24.5 Å². The SMILES string of the molecule is Nc1nonc1-n1nnc(C(=O)NN=C2CCCCCC2)c1CN1CCCCC1. The van der Waals surface area contributed by atoms with Crippen molar-refractivity contribution in [1.29, 1.82) is 0 Å².